The molecule has 1 N–H and O–H groups in total. The minimum atomic E-state index is -0.202. The van der Waals surface area contributed by atoms with E-state index in [1.54, 1.807) is 0 Å². The summed E-state index contributed by atoms with van der Waals surface area (Å²) in [5.41, 5.74) is 0. The molecule has 2 heterocycles. The fourth-order valence-electron chi connectivity index (χ4n) is 3.34. The summed E-state index contributed by atoms with van der Waals surface area (Å²) < 4.78 is 5.64. The van der Waals surface area contributed by atoms with E-state index in [1.807, 2.05) is 0 Å². The summed E-state index contributed by atoms with van der Waals surface area (Å²) >= 11 is 0. The normalized spacial score (nSPS) is 32.4. The molecule has 0 amide bonds. The van der Waals surface area contributed by atoms with E-state index in [2.05, 4.69) is 23.9 Å². The molecule has 0 radical (unpaired) electrons. The van der Waals surface area contributed by atoms with Gasteiger partial charge in [-0.15, -0.1) is 0 Å². The number of aliphatic hydroxyl groups is 1. The van der Waals surface area contributed by atoms with Crippen LogP contribution in [0.2, 0.25) is 0 Å². The highest BCUT2D eigenvalue weighted by Crippen LogP contribution is 2.20. The molecule has 0 aromatic rings. The fraction of sp³-hybridized carbons (Fsp3) is 1.00. The number of hydrogen-bond acceptors (Lipinski definition) is 4. The van der Waals surface area contributed by atoms with E-state index in [0.29, 0.717) is 6.10 Å². The molecule has 0 aliphatic carbocycles. The predicted octanol–water partition coefficient (Wildman–Crippen LogP) is 1.33. The monoisotopic (exact) mass is 270 g/mol. The standard InChI is InChI=1S/C15H30N2O2/c1-16-9-5-10-17(2)14(12-16)15(18)8-3-6-13-7-4-11-19-13/h13-15,18H,3-12H2,1-2H3. The Balaban J connectivity index is 1.72. The lowest BCUT2D eigenvalue weighted by Gasteiger charge is -2.31. The van der Waals surface area contributed by atoms with E-state index >= 15 is 0 Å². The fourth-order valence-corrected chi connectivity index (χ4v) is 3.34. The van der Waals surface area contributed by atoms with Crippen molar-refractivity contribution >= 4 is 0 Å². The van der Waals surface area contributed by atoms with Gasteiger partial charge in [0.2, 0.25) is 0 Å². The maximum absolute atomic E-state index is 10.5. The number of likely N-dealkylation sites (N-methyl/N-ethyl adjacent to an activating group) is 2. The van der Waals surface area contributed by atoms with Crippen LogP contribution in [0.25, 0.3) is 0 Å². The number of aliphatic hydroxyl groups excluding tert-OH is 1. The van der Waals surface area contributed by atoms with Crippen molar-refractivity contribution in [3.63, 3.8) is 0 Å². The highest BCUT2D eigenvalue weighted by atomic mass is 16.5. The zero-order valence-corrected chi connectivity index (χ0v) is 12.6. The maximum Gasteiger partial charge on any atom is 0.0707 e. The van der Waals surface area contributed by atoms with Gasteiger partial charge in [0.15, 0.2) is 0 Å². The lowest BCUT2D eigenvalue weighted by Crippen LogP contribution is -2.46. The molecular formula is C15H30N2O2. The first-order valence-electron chi connectivity index (χ1n) is 7.85. The molecule has 19 heavy (non-hydrogen) atoms. The van der Waals surface area contributed by atoms with Gasteiger partial charge in [-0.05, 0) is 65.7 Å². The summed E-state index contributed by atoms with van der Waals surface area (Å²) in [4.78, 5) is 4.68. The van der Waals surface area contributed by atoms with Crippen LogP contribution in [0.15, 0.2) is 0 Å². The Bertz CT molecular complexity index is 257. The van der Waals surface area contributed by atoms with E-state index in [-0.39, 0.29) is 12.1 Å². The first-order chi connectivity index (χ1) is 9.16. The first-order valence-corrected chi connectivity index (χ1v) is 7.85. The Labute approximate surface area is 117 Å². The molecular weight excluding hydrogens is 240 g/mol. The van der Waals surface area contributed by atoms with E-state index in [4.69, 9.17) is 4.74 Å². The summed E-state index contributed by atoms with van der Waals surface area (Å²) in [5.74, 6) is 0. The highest BCUT2D eigenvalue weighted by Gasteiger charge is 2.27. The van der Waals surface area contributed by atoms with Crippen LogP contribution in [0.4, 0.5) is 0 Å². The van der Waals surface area contributed by atoms with Gasteiger partial charge in [-0.25, -0.2) is 0 Å². The van der Waals surface area contributed by atoms with Gasteiger partial charge in [0, 0.05) is 19.2 Å². The Morgan fingerprint density at radius 3 is 2.84 bits per heavy atom. The Kier molecular flexibility index (Phi) is 6.07. The Morgan fingerprint density at radius 2 is 2.11 bits per heavy atom. The molecule has 0 spiro atoms. The summed E-state index contributed by atoms with van der Waals surface area (Å²) in [5, 5.41) is 10.5. The minimum Gasteiger partial charge on any atom is -0.391 e. The molecule has 0 bridgehead atoms. The number of ether oxygens (including phenoxy) is 1. The van der Waals surface area contributed by atoms with Gasteiger partial charge < -0.3 is 14.7 Å². The average Bonchev–Trinajstić information content (AvgIpc) is 2.82. The highest BCUT2D eigenvalue weighted by molar-refractivity contribution is 4.83. The second-order valence-electron chi connectivity index (χ2n) is 6.30. The summed E-state index contributed by atoms with van der Waals surface area (Å²) in [6.45, 7) is 4.16. The second kappa shape index (κ2) is 7.58. The largest absolute Gasteiger partial charge is 0.391 e. The molecule has 2 aliphatic heterocycles. The Morgan fingerprint density at radius 1 is 1.26 bits per heavy atom. The summed E-state index contributed by atoms with van der Waals surface area (Å²) in [6, 6.07) is 0.289. The van der Waals surface area contributed by atoms with Crippen molar-refractivity contribution in [3.8, 4) is 0 Å². The van der Waals surface area contributed by atoms with Crippen LogP contribution in [0.1, 0.15) is 38.5 Å². The average molecular weight is 270 g/mol. The van der Waals surface area contributed by atoms with Crippen LogP contribution in [0.3, 0.4) is 0 Å². The van der Waals surface area contributed by atoms with Crippen LogP contribution in [-0.4, -0.2) is 73.5 Å². The third-order valence-corrected chi connectivity index (χ3v) is 4.61. The van der Waals surface area contributed by atoms with Crippen LogP contribution in [-0.2, 0) is 4.74 Å². The van der Waals surface area contributed by atoms with E-state index < -0.39 is 0 Å². The van der Waals surface area contributed by atoms with Gasteiger partial charge in [-0.2, -0.15) is 0 Å². The van der Waals surface area contributed by atoms with Crippen molar-refractivity contribution in [3.05, 3.63) is 0 Å². The molecule has 0 aromatic heterocycles. The van der Waals surface area contributed by atoms with Crippen molar-refractivity contribution in [2.45, 2.75) is 56.8 Å². The van der Waals surface area contributed by atoms with Gasteiger partial charge in [-0.1, -0.05) is 0 Å². The van der Waals surface area contributed by atoms with Gasteiger partial charge in [0.25, 0.3) is 0 Å². The molecule has 4 nitrogen and oxygen atoms in total. The molecule has 2 fully saturated rings. The molecule has 2 aliphatic rings. The van der Waals surface area contributed by atoms with Crippen molar-refractivity contribution in [1.29, 1.82) is 0 Å². The van der Waals surface area contributed by atoms with E-state index in [1.165, 1.54) is 19.3 Å². The molecule has 0 saturated carbocycles. The smallest absolute Gasteiger partial charge is 0.0707 e. The minimum absolute atomic E-state index is 0.202. The third kappa shape index (κ3) is 4.71. The Hall–Kier alpha value is -0.160. The van der Waals surface area contributed by atoms with Crippen molar-refractivity contribution in [1.82, 2.24) is 9.80 Å². The van der Waals surface area contributed by atoms with Crippen LogP contribution in [0.5, 0.6) is 0 Å². The molecule has 112 valence electrons. The number of hydrogen-bond donors (Lipinski definition) is 1. The van der Waals surface area contributed by atoms with Gasteiger partial charge in [0.05, 0.1) is 12.2 Å². The number of nitrogens with zero attached hydrogens (tertiary/aromatic N) is 2. The first kappa shape index (κ1) is 15.2. The predicted molar refractivity (Wildman–Crippen MR) is 77.4 cm³/mol. The van der Waals surface area contributed by atoms with Gasteiger partial charge in [0.1, 0.15) is 0 Å². The molecule has 0 aromatic carbocycles. The van der Waals surface area contributed by atoms with Crippen molar-refractivity contribution < 1.29 is 9.84 Å². The van der Waals surface area contributed by atoms with E-state index in [9.17, 15) is 5.11 Å². The van der Waals surface area contributed by atoms with E-state index in [0.717, 1.165) is 45.5 Å². The van der Waals surface area contributed by atoms with Crippen LogP contribution >= 0.6 is 0 Å². The number of rotatable bonds is 5. The second-order valence-corrected chi connectivity index (χ2v) is 6.30. The van der Waals surface area contributed by atoms with Crippen molar-refractivity contribution in [2.24, 2.45) is 0 Å². The third-order valence-electron chi connectivity index (χ3n) is 4.61. The zero-order chi connectivity index (χ0) is 13.7. The lowest BCUT2D eigenvalue weighted by molar-refractivity contribution is 0.0444. The summed E-state index contributed by atoms with van der Waals surface area (Å²) in [6.07, 6.45) is 6.98. The molecule has 2 rings (SSSR count). The van der Waals surface area contributed by atoms with Gasteiger partial charge >= 0.3 is 0 Å². The van der Waals surface area contributed by atoms with Crippen LogP contribution in [0, 0.1) is 0 Å². The van der Waals surface area contributed by atoms with Crippen LogP contribution < -0.4 is 0 Å². The SMILES string of the molecule is CN1CCCN(C)C(C(O)CCCC2CCCO2)C1. The zero-order valence-electron chi connectivity index (χ0n) is 12.6. The van der Waals surface area contributed by atoms with Gasteiger partial charge in [-0.3, -0.25) is 4.90 Å². The quantitative estimate of drug-likeness (QED) is 0.818. The maximum atomic E-state index is 10.5. The molecule has 4 heteroatoms. The molecule has 2 saturated heterocycles. The lowest BCUT2D eigenvalue weighted by atomic mass is 10.0. The molecule has 3 atom stereocenters. The molecule has 3 unspecified atom stereocenters. The summed E-state index contributed by atoms with van der Waals surface area (Å²) in [7, 11) is 4.30. The topological polar surface area (TPSA) is 35.9 Å². The van der Waals surface area contributed by atoms with Crippen molar-refractivity contribution in [2.75, 3.05) is 40.3 Å².